The van der Waals surface area contributed by atoms with Crippen LogP contribution in [0.1, 0.15) is 19.8 Å². The Bertz CT molecular complexity index is 46.4. The van der Waals surface area contributed by atoms with E-state index < -0.39 is 6.43 Å². The first kappa shape index (κ1) is 8.15. The highest BCUT2D eigenvalue weighted by molar-refractivity contribution is 6.20. The molecule has 0 nitrogen and oxygen atoms in total. The monoisotopic (exact) mass is 142 g/mol. The molecule has 0 spiro atoms. The van der Waals surface area contributed by atoms with Crippen molar-refractivity contribution < 1.29 is 8.78 Å². The van der Waals surface area contributed by atoms with Gasteiger partial charge in [0.05, 0.1) is 0 Å². The van der Waals surface area contributed by atoms with E-state index in [4.69, 9.17) is 11.6 Å². The van der Waals surface area contributed by atoms with Crippen molar-refractivity contribution in [3.63, 3.8) is 0 Å². The van der Waals surface area contributed by atoms with Gasteiger partial charge in [0.1, 0.15) is 0 Å². The molecule has 0 amide bonds. The average Bonchev–Trinajstić information content (AvgIpc) is 1.61. The van der Waals surface area contributed by atoms with Crippen LogP contribution in [0.2, 0.25) is 0 Å². The normalized spacial score (nSPS) is 14.6. The standard InChI is InChI=1S/C5H9ClF2/c1-4(6)2-3-5(7)8/h4-5H,2-3H2,1H3. The molecule has 1 atom stereocenters. The first-order valence-electron chi connectivity index (χ1n) is 2.55. The lowest BCUT2D eigenvalue weighted by Gasteiger charge is -1.99. The van der Waals surface area contributed by atoms with Crippen molar-refractivity contribution in [3.8, 4) is 0 Å². The summed E-state index contributed by atoms with van der Waals surface area (Å²) in [5.41, 5.74) is 0. The molecule has 50 valence electrons. The Balaban J connectivity index is 2.93. The molecule has 0 bridgehead atoms. The van der Waals surface area contributed by atoms with Gasteiger partial charge in [0.25, 0.3) is 0 Å². The van der Waals surface area contributed by atoms with Crippen molar-refractivity contribution >= 4 is 11.6 Å². The van der Waals surface area contributed by atoms with Crippen LogP contribution in [0.15, 0.2) is 0 Å². The molecule has 3 heteroatoms. The van der Waals surface area contributed by atoms with E-state index in [9.17, 15) is 8.78 Å². The molecule has 1 unspecified atom stereocenters. The maximum atomic E-state index is 11.3. The zero-order valence-electron chi connectivity index (χ0n) is 4.70. The van der Waals surface area contributed by atoms with Crippen LogP contribution in [0.4, 0.5) is 8.78 Å². The van der Waals surface area contributed by atoms with Crippen LogP contribution < -0.4 is 0 Å². The minimum atomic E-state index is -2.20. The van der Waals surface area contributed by atoms with E-state index in [-0.39, 0.29) is 11.8 Å². The summed E-state index contributed by atoms with van der Waals surface area (Å²) < 4.78 is 22.7. The van der Waals surface area contributed by atoms with Gasteiger partial charge < -0.3 is 0 Å². The Hall–Kier alpha value is 0.150. The fourth-order valence-corrected chi connectivity index (χ4v) is 0.482. The van der Waals surface area contributed by atoms with E-state index in [1.165, 1.54) is 0 Å². The highest BCUT2D eigenvalue weighted by Gasteiger charge is 2.03. The third kappa shape index (κ3) is 6.15. The second-order valence-electron chi connectivity index (χ2n) is 1.75. The lowest BCUT2D eigenvalue weighted by atomic mass is 10.2. The van der Waals surface area contributed by atoms with Crippen molar-refractivity contribution in [2.45, 2.75) is 31.6 Å². The average molecular weight is 143 g/mol. The second kappa shape index (κ2) is 4.07. The molecule has 0 aliphatic carbocycles. The van der Waals surface area contributed by atoms with Gasteiger partial charge in [-0.05, 0) is 13.3 Å². The molecule has 0 fully saturated rings. The second-order valence-corrected chi connectivity index (χ2v) is 2.49. The predicted molar refractivity (Wildman–Crippen MR) is 30.6 cm³/mol. The number of alkyl halides is 3. The highest BCUT2D eigenvalue weighted by atomic mass is 35.5. The van der Waals surface area contributed by atoms with Crippen molar-refractivity contribution in [3.05, 3.63) is 0 Å². The minimum Gasteiger partial charge on any atom is -0.211 e. The van der Waals surface area contributed by atoms with E-state index in [0.29, 0.717) is 6.42 Å². The van der Waals surface area contributed by atoms with Crippen molar-refractivity contribution in [1.82, 2.24) is 0 Å². The largest absolute Gasteiger partial charge is 0.238 e. The van der Waals surface area contributed by atoms with E-state index in [0.717, 1.165) is 0 Å². The number of hydrogen-bond donors (Lipinski definition) is 0. The van der Waals surface area contributed by atoms with Crippen LogP contribution in [0, 0.1) is 0 Å². The lowest BCUT2D eigenvalue weighted by Crippen LogP contribution is -1.96. The van der Waals surface area contributed by atoms with Gasteiger partial charge in [0.2, 0.25) is 6.43 Å². The Morgan fingerprint density at radius 2 is 1.88 bits per heavy atom. The van der Waals surface area contributed by atoms with Gasteiger partial charge >= 0.3 is 0 Å². The van der Waals surface area contributed by atoms with Gasteiger partial charge in [0.15, 0.2) is 0 Å². The molecule has 0 aromatic rings. The maximum Gasteiger partial charge on any atom is 0.238 e. The molecule has 0 aromatic heterocycles. The molecule has 8 heavy (non-hydrogen) atoms. The zero-order chi connectivity index (χ0) is 6.57. The molecule has 0 aromatic carbocycles. The van der Waals surface area contributed by atoms with Crippen LogP contribution in [0.25, 0.3) is 0 Å². The van der Waals surface area contributed by atoms with E-state index in [1.54, 1.807) is 6.92 Å². The van der Waals surface area contributed by atoms with Crippen LogP contribution in [-0.4, -0.2) is 11.8 Å². The Morgan fingerprint density at radius 3 is 2.00 bits per heavy atom. The fraction of sp³-hybridized carbons (Fsp3) is 1.00. The third-order valence-electron chi connectivity index (χ3n) is 0.783. The molecule has 0 saturated heterocycles. The zero-order valence-corrected chi connectivity index (χ0v) is 5.46. The lowest BCUT2D eigenvalue weighted by molar-refractivity contribution is 0.135. The quantitative estimate of drug-likeness (QED) is 0.532. The molecule has 0 rings (SSSR count). The summed E-state index contributed by atoms with van der Waals surface area (Å²) in [6.45, 7) is 1.71. The van der Waals surface area contributed by atoms with Crippen LogP contribution >= 0.6 is 11.6 Å². The molecule has 0 N–H and O–H groups in total. The molecular weight excluding hydrogens is 134 g/mol. The van der Waals surface area contributed by atoms with E-state index in [2.05, 4.69) is 0 Å². The molecule has 0 aliphatic heterocycles. The third-order valence-corrected chi connectivity index (χ3v) is 1.00. The summed E-state index contributed by atoms with van der Waals surface area (Å²) in [7, 11) is 0. The van der Waals surface area contributed by atoms with Gasteiger partial charge in [0, 0.05) is 11.8 Å². The van der Waals surface area contributed by atoms with Crippen LogP contribution in [0.5, 0.6) is 0 Å². The first-order chi connectivity index (χ1) is 3.63. The Kier molecular flexibility index (Phi) is 4.15. The minimum absolute atomic E-state index is 0.0787. The number of halogens is 3. The van der Waals surface area contributed by atoms with Crippen molar-refractivity contribution in [2.75, 3.05) is 0 Å². The SMILES string of the molecule is CC(Cl)CCC(F)F. The molecular formula is C5H9ClF2. The molecule has 0 aliphatic rings. The van der Waals surface area contributed by atoms with E-state index in [1.807, 2.05) is 0 Å². The Labute approximate surface area is 52.8 Å². The topological polar surface area (TPSA) is 0 Å². The maximum absolute atomic E-state index is 11.3. The van der Waals surface area contributed by atoms with Crippen molar-refractivity contribution in [2.24, 2.45) is 0 Å². The summed E-state index contributed by atoms with van der Waals surface area (Å²) in [5.74, 6) is 0. The predicted octanol–water partition coefficient (Wildman–Crippen LogP) is 2.66. The number of rotatable bonds is 3. The van der Waals surface area contributed by atoms with Crippen LogP contribution in [-0.2, 0) is 0 Å². The van der Waals surface area contributed by atoms with Crippen molar-refractivity contribution in [1.29, 1.82) is 0 Å². The highest BCUT2D eigenvalue weighted by Crippen LogP contribution is 2.09. The summed E-state index contributed by atoms with van der Waals surface area (Å²) in [4.78, 5) is 0. The van der Waals surface area contributed by atoms with Gasteiger partial charge in [-0.1, -0.05) is 0 Å². The fourth-order valence-electron chi connectivity index (χ4n) is 0.356. The van der Waals surface area contributed by atoms with Gasteiger partial charge in [-0.15, -0.1) is 11.6 Å². The summed E-state index contributed by atoms with van der Waals surface area (Å²) in [5, 5.41) is -0.121. The number of hydrogen-bond acceptors (Lipinski definition) is 0. The van der Waals surface area contributed by atoms with Gasteiger partial charge in [-0.3, -0.25) is 0 Å². The molecule has 0 heterocycles. The van der Waals surface area contributed by atoms with Gasteiger partial charge in [-0.25, -0.2) is 8.78 Å². The molecule has 0 radical (unpaired) electrons. The van der Waals surface area contributed by atoms with Crippen LogP contribution in [0.3, 0.4) is 0 Å². The molecule has 0 saturated carbocycles. The Morgan fingerprint density at radius 1 is 1.38 bits per heavy atom. The smallest absolute Gasteiger partial charge is 0.211 e. The summed E-state index contributed by atoms with van der Waals surface area (Å²) in [6.07, 6.45) is -1.87. The first-order valence-corrected chi connectivity index (χ1v) is 2.98. The summed E-state index contributed by atoms with van der Waals surface area (Å²) in [6, 6.07) is 0. The van der Waals surface area contributed by atoms with Gasteiger partial charge in [-0.2, -0.15) is 0 Å². The summed E-state index contributed by atoms with van der Waals surface area (Å²) >= 11 is 5.39. The van der Waals surface area contributed by atoms with E-state index >= 15 is 0 Å².